The predicted octanol–water partition coefficient (Wildman–Crippen LogP) is 3.02. The van der Waals surface area contributed by atoms with Gasteiger partial charge >= 0.3 is 0 Å². The number of ether oxygens (including phenoxy) is 1. The highest BCUT2D eigenvalue weighted by molar-refractivity contribution is 14.0. The molecule has 1 saturated carbocycles. The molecule has 1 aliphatic carbocycles. The first kappa shape index (κ1) is 16.4. The zero-order chi connectivity index (χ0) is 13.8. The van der Waals surface area contributed by atoms with Gasteiger partial charge in [0, 0.05) is 20.1 Å². The number of halogens is 1. The molecule has 1 aromatic carbocycles. The lowest BCUT2D eigenvalue weighted by Gasteiger charge is -2.16. The van der Waals surface area contributed by atoms with Gasteiger partial charge in [0.2, 0.25) is 0 Å². The van der Waals surface area contributed by atoms with E-state index in [1.165, 1.54) is 31.2 Å². The minimum atomic E-state index is 0. The van der Waals surface area contributed by atoms with Gasteiger partial charge < -0.3 is 15.0 Å². The van der Waals surface area contributed by atoms with Crippen LogP contribution in [0.25, 0.3) is 0 Å². The average Bonchev–Trinajstić information content (AvgIpc) is 3.10. The van der Waals surface area contributed by atoms with Gasteiger partial charge in [-0.2, -0.15) is 0 Å². The first-order valence-corrected chi connectivity index (χ1v) is 7.56. The lowest BCUT2D eigenvalue weighted by atomic mass is 10.2. The van der Waals surface area contributed by atoms with Crippen molar-refractivity contribution in [1.29, 1.82) is 0 Å². The van der Waals surface area contributed by atoms with Crippen LogP contribution in [0.3, 0.4) is 0 Å². The Morgan fingerprint density at radius 2 is 1.95 bits per heavy atom. The van der Waals surface area contributed by atoms with Crippen molar-refractivity contribution in [3.8, 4) is 5.75 Å². The van der Waals surface area contributed by atoms with Crippen molar-refractivity contribution in [3.05, 3.63) is 29.8 Å². The van der Waals surface area contributed by atoms with E-state index in [9.17, 15) is 0 Å². The zero-order valence-electron chi connectivity index (χ0n) is 12.5. The third-order valence-electron chi connectivity index (χ3n) is 4.04. The average molecular weight is 401 g/mol. The second-order valence-corrected chi connectivity index (χ2v) is 5.65. The van der Waals surface area contributed by atoms with Crippen molar-refractivity contribution in [2.24, 2.45) is 4.99 Å². The maximum Gasteiger partial charge on any atom is 0.194 e. The number of aliphatic imine (C=N–C) groups is 1. The van der Waals surface area contributed by atoms with E-state index in [0.717, 1.165) is 31.3 Å². The maximum atomic E-state index is 5.97. The van der Waals surface area contributed by atoms with Crippen LogP contribution in [-0.2, 0) is 6.54 Å². The van der Waals surface area contributed by atoms with Crippen LogP contribution in [0.2, 0.25) is 0 Å². The second kappa shape index (κ2) is 7.87. The molecule has 1 N–H and O–H groups in total. The monoisotopic (exact) mass is 401 g/mol. The first-order valence-electron chi connectivity index (χ1n) is 7.56. The van der Waals surface area contributed by atoms with Crippen molar-refractivity contribution >= 4 is 29.9 Å². The Morgan fingerprint density at radius 3 is 2.57 bits per heavy atom. The molecule has 21 heavy (non-hydrogen) atoms. The number of nitrogens with zero attached hydrogens (tertiary/aromatic N) is 2. The molecule has 3 rings (SSSR count). The van der Waals surface area contributed by atoms with Gasteiger partial charge in [-0.25, -0.2) is 0 Å². The molecule has 116 valence electrons. The minimum absolute atomic E-state index is 0. The third kappa shape index (κ3) is 4.49. The van der Waals surface area contributed by atoms with E-state index in [0.29, 0.717) is 6.10 Å². The smallest absolute Gasteiger partial charge is 0.194 e. The molecule has 1 heterocycles. The Hall–Kier alpha value is -0.980. The predicted molar refractivity (Wildman–Crippen MR) is 96.5 cm³/mol. The quantitative estimate of drug-likeness (QED) is 0.789. The topological polar surface area (TPSA) is 36.9 Å². The summed E-state index contributed by atoms with van der Waals surface area (Å²) in [6.07, 6.45) is 5.45. The third-order valence-corrected chi connectivity index (χ3v) is 4.04. The van der Waals surface area contributed by atoms with Crippen LogP contribution < -0.4 is 10.1 Å². The Labute approximate surface area is 144 Å². The maximum absolute atomic E-state index is 5.97. The highest BCUT2D eigenvalue weighted by Crippen LogP contribution is 2.24. The first-order chi connectivity index (χ1) is 9.81. The SMILES string of the molecule is CN1CCN=C1NCc1ccc(OC2CCCC2)cc1.I. The minimum Gasteiger partial charge on any atom is -0.490 e. The van der Waals surface area contributed by atoms with Crippen LogP contribution in [0.1, 0.15) is 31.2 Å². The molecule has 1 fully saturated rings. The molecule has 4 nitrogen and oxygen atoms in total. The molecular weight excluding hydrogens is 377 g/mol. The Kier molecular flexibility index (Phi) is 6.14. The Bertz CT molecular complexity index is 469. The molecule has 1 aromatic rings. The normalized spacial score (nSPS) is 18.3. The summed E-state index contributed by atoms with van der Waals surface area (Å²) in [6.45, 7) is 2.72. The molecule has 0 radical (unpaired) electrons. The van der Waals surface area contributed by atoms with E-state index in [1.54, 1.807) is 0 Å². The van der Waals surface area contributed by atoms with Crippen LogP contribution in [0.5, 0.6) is 5.75 Å². The van der Waals surface area contributed by atoms with E-state index in [2.05, 4.69) is 46.5 Å². The number of likely N-dealkylation sites (N-methyl/N-ethyl adjacent to an activating group) is 1. The fourth-order valence-corrected chi connectivity index (χ4v) is 2.79. The fourth-order valence-electron chi connectivity index (χ4n) is 2.79. The second-order valence-electron chi connectivity index (χ2n) is 5.65. The number of guanidine groups is 1. The standard InChI is InChI=1S/C16H23N3O.HI/c1-19-11-10-17-16(19)18-12-13-6-8-15(9-7-13)20-14-4-2-3-5-14;/h6-9,14H,2-5,10-12H2,1H3,(H,17,18);1H. The number of rotatable bonds is 4. The van der Waals surface area contributed by atoms with Crippen LogP contribution in [0.15, 0.2) is 29.3 Å². The van der Waals surface area contributed by atoms with Gasteiger partial charge in [0.05, 0.1) is 12.6 Å². The molecule has 0 atom stereocenters. The summed E-state index contributed by atoms with van der Waals surface area (Å²) in [6, 6.07) is 8.42. The van der Waals surface area contributed by atoms with Gasteiger partial charge in [-0.3, -0.25) is 4.99 Å². The number of benzene rings is 1. The highest BCUT2D eigenvalue weighted by Gasteiger charge is 2.16. The van der Waals surface area contributed by atoms with Crippen LogP contribution in [-0.4, -0.2) is 37.1 Å². The highest BCUT2D eigenvalue weighted by atomic mass is 127. The lowest BCUT2D eigenvalue weighted by Crippen LogP contribution is -2.35. The van der Waals surface area contributed by atoms with Crippen molar-refractivity contribution in [3.63, 3.8) is 0 Å². The van der Waals surface area contributed by atoms with E-state index in [-0.39, 0.29) is 24.0 Å². The number of hydrogen-bond donors (Lipinski definition) is 1. The van der Waals surface area contributed by atoms with Gasteiger partial charge in [0.25, 0.3) is 0 Å². The van der Waals surface area contributed by atoms with Crippen molar-refractivity contribution < 1.29 is 4.74 Å². The van der Waals surface area contributed by atoms with Gasteiger partial charge in [0.15, 0.2) is 5.96 Å². The number of hydrogen-bond acceptors (Lipinski definition) is 4. The summed E-state index contributed by atoms with van der Waals surface area (Å²) >= 11 is 0. The molecule has 2 aliphatic rings. The van der Waals surface area contributed by atoms with E-state index >= 15 is 0 Å². The van der Waals surface area contributed by atoms with Crippen LogP contribution in [0.4, 0.5) is 0 Å². The van der Waals surface area contributed by atoms with Gasteiger partial charge in [-0.15, -0.1) is 24.0 Å². The van der Waals surface area contributed by atoms with Crippen molar-refractivity contribution in [1.82, 2.24) is 10.2 Å². The summed E-state index contributed by atoms with van der Waals surface area (Å²) in [5.74, 6) is 1.99. The van der Waals surface area contributed by atoms with E-state index in [4.69, 9.17) is 4.74 Å². The van der Waals surface area contributed by atoms with Crippen molar-refractivity contribution in [2.75, 3.05) is 20.1 Å². The Balaban J connectivity index is 0.00000161. The molecule has 0 unspecified atom stereocenters. The van der Waals surface area contributed by atoms with Crippen molar-refractivity contribution in [2.45, 2.75) is 38.3 Å². The molecule has 0 saturated heterocycles. The molecule has 0 amide bonds. The molecule has 0 aromatic heterocycles. The molecular formula is C16H24IN3O. The van der Waals surface area contributed by atoms with E-state index < -0.39 is 0 Å². The molecule has 1 aliphatic heterocycles. The van der Waals surface area contributed by atoms with Crippen LogP contribution in [0, 0.1) is 0 Å². The van der Waals surface area contributed by atoms with Gasteiger partial charge in [0.1, 0.15) is 5.75 Å². The van der Waals surface area contributed by atoms with Gasteiger partial charge in [-0.1, -0.05) is 12.1 Å². The summed E-state index contributed by atoms with van der Waals surface area (Å²) in [7, 11) is 2.07. The molecule has 0 spiro atoms. The number of nitrogens with one attached hydrogen (secondary N) is 1. The van der Waals surface area contributed by atoms with Gasteiger partial charge in [-0.05, 0) is 43.4 Å². The summed E-state index contributed by atoms with van der Waals surface area (Å²) < 4.78 is 5.97. The summed E-state index contributed by atoms with van der Waals surface area (Å²) in [5, 5.41) is 3.38. The molecule has 5 heteroatoms. The fraction of sp³-hybridized carbons (Fsp3) is 0.562. The lowest BCUT2D eigenvalue weighted by molar-refractivity contribution is 0.210. The van der Waals surface area contributed by atoms with E-state index in [1.807, 2.05) is 0 Å². The zero-order valence-corrected chi connectivity index (χ0v) is 14.9. The Morgan fingerprint density at radius 1 is 1.24 bits per heavy atom. The summed E-state index contributed by atoms with van der Waals surface area (Å²) in [4.78, 5) is 6.57. The molecule has 0 bridgehead atoms. The summed E-state index contributed by atoms with van der Waals surface area (Å²) in [5.41, 5.74) is 1.26. The largest absolute Gasteiger partial charge is 0.490 e. The van der Waals surface area contributed by atoms with Crippen LogP contribution >= 0.6 is 24.0 Å².